The van der Waals surface area contributed by atoms with E-state index in [1.807, 2.05) is 6.92 Å². The molecule has 0 fully saturated rings. The van der Waals surface area contributed by atoms with E-state index < -0.39 is 0 Å². The second-order valence-electron chi connectivity index (χ2n) is 5.65. The minimum absolute atomic E-state index is 0.0493. The zero-order valence-electron chi connectivity index (χ0n) is 12.7. The molecule has 0 bridgehead atoms. The Morgan fingerprint density at radius 1 is 0.889 bits per heavy atom. The summed E-state index contributed by atoms with van der Waals surface area (Å²) in [4.78, 5) is 11.3. The van der Waals surface area contributed by atoms with Crippen LogP contribution in [0.2, 0.25) is 0 Å². The highest BCUT2D eigenvalue weighted by Gasteiger charge is 2.20. The summed E-state index contributed by atoms with van der Waals surface area (Å²) in [6.07, 6.45) is 12.6. The number of hydrogen-bond donors (Lipinski definition) is 1. The van der Waals surface area contributed by atoms with Crippen LogP contribution >= 0.6 is 0 Å². The zero-order chi connectivity index (χ0) is 13.8. The number of carbonyl (C=O) groups excluding carboxylic acids is 1. The highest BCUT2D eigenvalue weighted by Crippen LogP contribution is 2.25. The molecule has 108 valence electrons. The number of unbranched alkanes of at least 4 members (excludes halogenated alkanes) is 6. The average molecular weight is 255 g/mol. The van der Waals surface area contributed by atoms with Gasteiger partial charge in [-0.1, -0.05) is 72.1 Å². The Labute approximate surface area is 114 Å². The largest absolute Gasteiger partial charge is 0.369 e. The van der Waals surface area contributed by atoms with E-state index in [2.05, 4.69) is 13.8 Å². The molecule has 0 rings (SSSR count). The Morgan fingerprint density at radius 3 is 1.67 bits per heavy atom. The van der Waals surface area contributed by atoms with Crippen molar-refractivity contribution in [3.05, 3.63) is 0 Å². The van der Waals surface area contributed by atoms with Crippen LogP contribution in [-0.2, 0) is 4.79 Å². The van der Waals surface area contributed by atoms with Crippen molar-refractivity contribution in [2.24, 2.45) is 17.6 Å². The molecule has 1 amide bonds. The van der Waals surface area contributed by atoms with Crippen LogP contribution in [0.5, 0.6) is 0 Å². The van der Waals surface area contributed by atoms with Gasteiger partial charge in [-0.05, 0) is 18.8 Å². The number of primary amides is 1. The summed E-state index contributed by atoms with van der Waals surface area (Å²) in [5, 5.41) is 0. The van der Waals surface area contributed by atoms with Crippen LogP contribution in [-0.4, -0.2) is 5.91 Å². The molecule has 0 saturated heterocycles. The monoisotopic (exact) mass is 255 g/mol. The minimum Gasteiger partial charge on any atom is -0.369 e. The molecule has 0 radical (unpaired) electrons. The van der Waals surface area contributed by atoms with Crippen LogP contribution in [0.25, 0.3) is 0 Å². The molecule has 0 aliphatic carbocycles. The third-order valence-corrected chi connectivity index (χ3v) is 4.01. The summed E-state index contributed by atoms with van der Waals surface area (Å²) >= 11 is 0. The molecule has 0 aromatic heterocycles. The molecule has 0 heterocycles. The third kappa shape index (κ3) is 8.54. The van der Waals surface area contributed by atoms with Crippen LogP contribution in [0.15, 0.2) is 0 Å². The lowest BCUT2D eigenvalue weighted by molar-refractivity contribution is -0.123. The van der Waals surface area contributed by atoms with Gasteiger partial charge < -0.3 is 5.73 Å². The van der Waals surface area contributed by atoms with Crippen molar-refractivity contribution in [1.82, 2.24) is 0 Å². The summed E-state index contributed by atoms with van der Waals surface area (Å²) in [6.45, 7) is 6.47. The fraction of sp³-hybridized carbons (Fsp3) is 0.938. The number of hydrogen-bond acceptors (Lipinski definition) is 1. The van der Waals surface area contributed by atoms with Crippen molar-refractivity contribution in [2.45, 2.75) is 85.0 Å². The summed E-state index contributed by atoms with van der Waals surface area (Å²) in [6, 6.07) is 0. The zero-order valence-corrected chi connectivity index (χ0v) is 12.7. The molecule has 2 nitrogen and oxygen atoms in total. The molecule has 0 aliphatic rings. The van der Waals surface area contributed by atoms with Gasteiger partial charge in [0.25, 0.3) is 0 Å². The Hall–Kier alpha value is -0.530. The van der Waals surface area contributed by atoms with Crippen LogP contribution in [0, 0.1) is 11.8 Å². The van der Waals surface area contributed by atoms with E-state index in [0.29, 0.717) is 5.92 Å². The van der Waals surface area contributed by atoms with Crippen molar-refractivity contribution in [3.8, 4) is 0 Å². The van der Waals surface area contributed by atoms with Crippen molar-refractivity contribution < 1.29 is 4.79 Å². The van der Waals surface area contributed by atoms with E-state index in [-0.39, 0.29) is 11.8 Å². The topological polar surface area (TPSA) is 43.1 Å². The number of nitrogens with two attached hydrogens (primary N) is 1. The number of rotatable bonds is 12. The van der Waals surface area contributed by atoms with Crippen LogP contribution in [0.1, 0.15) is 85.0 Å². The summed E-state index contributed by atoms with van der Waals surface area (Å²) in [5.41, 5.74) is 5.46. The quantitative estimate of drug-likeness (QED) is 0.506. The Kier molecular flexibility index (Phi) is 11.2. The molecular formula is C16H33NO. The van der Waals surface area contributed by atoms with E-state index in [1.165, 1.54) is 64.2 Å². The minimum atomic E-state index is -0.119. The first-order valence-electron chi connectivity index (χ1n) is 7.92. The molecule has 0 aromatic carbocycles. The van der Waals surface area contributed by atoms with E-state index in [4.69, 9.17) is 5.73 Å². The molecule has 0 spiro atoms. The van der Waals surface area contributed by atoms with Gasteiger partial charge in [0.1, 0.15) is 0 Å². The standard InChI is InChI=1S/C16H33NO/c1-4-6-8-10-12-15(14(3)16(17)18)13-11-9-7-5-2/h14-15H,4-13H2,1-3H3,(H2,17,18). The molecular weight excluding hydrogens is 222 g/mol. The predicted octanol–water partition coefficient (Wildman–Crippen LogP) is 4.66. The number of carbonyl (C=O) groups is 1. The molecule has 1 unspecified atom stereocenters. The molecule has 0 saturated carbocycles. The first-order valence-corrected chi connectivity index (χ1v) is 7.92. The molecule has 2 N–H and O–H groups in total. The molecule has 1 atom stereocenters. The first kappa shape index (κ1) is 17.5. The van der Waals surface area contributed by atoms with Gasteiger partial charge in [0.05, 0.1) is 0 Å². The van der Waals surface area contributed by atoms with Gasteiger partial charge in [-0.2, -0.15) is 0 Å². The smallest absolute Gasteiger partial charge is 0.220 e. The van der Waals surface area contributed by atoms with Crippen molar-refractivity contribution in [3.63, 3.8) is 0 Å². The maximum atomic E-state index is 11.3. The first-order chi connectivity index (χ1) is 8.63. The van der Waals surface area contributed by atoms with Gasteiger partial charge in [-0.15, -0.1) is 0 Å². The van der Waals surface area contributed by atoms with Crippen molar-refractivity contribution >= 4 is 5.91 Å². The van der Waals surface area contributed by atoms with Crippen molar-refractivity contribution in [2.75, 3.05) is 0 Å². The molecule has 0 aliphatic heterocycles. The lowest BCUT2D eigenvalue weighted by Gasteiger charge is -2.21. The Morgan fingerprint density at radius 2 is 1.33 bits per heavy atom. The lowest BCUT2D eigenvalue weighted by atomic mass is 9.84. The lowest BCUT2D eigenvalue weighted by Crippen LogP contribution is -2.27. The Bertz CT molecular complexity index is 191. The van der Waals surface area contributed by atoms with Crippen molar-refractivity contribution in [1.29, 1.82) is 0 Å². The van der Waals surface area contributed by atoms with Gasteiger partial charge in [-0.25, -0.2) is 0 Å². The van der Waals surface area contributed by atoms with Crippen LogP contribution < -0.4 is 5.73 Å². The molecule has 18 heavy (non-hydrogen) atoms. The SMILES string of the molecule is CCCCCCC(CCCCCC)C(C)C(N)=O. The summed E-state index contributed by atoms with van der Waals surface area (Å²) < 4.78 is 0. The second kappa shape index (κ2) is 11.6. The van der Waals surface area contributed by atoms with E-state index in [9.17, 15) is 4.79 Å². The van der Waals surface area contributed by atoms with Gasteiger partial charge in [-0.3, -0.25) is 4.79 Å². The maximum Gasteiger partial charge on any atom is 0.220 e. The third-order valence-electron chi connectivity index (χ3n) is 4.01. The highest BCUT2D eigenvalue weighted by molar-refractivity contribution is 5.76. The fourth-order valence-electron chi connectivity index (χ4n) is 2.54. The van der Waals surface area contributed by atoms with Gasteiger partial charge in [0.2, 0.25) is 5.91 Å². The van der Waals surface area contributed by atoms with Crippen LogP contribution in [0.3, 0.4) is 0 Å². The second-order valence-corrected chi connectivity index (χ2v) is 5.65. The van der Waals surface area contributed by atoms with E-state index >= 15 is 0 Å². The summed E-state index contributed by atoms with van der Waals surface area (Å²) in [5.74, 6) is 0.440. The van der Waals surface area contributed by atoms with E-state index in [0.717, 1.165) is 0 Å². The maximum absolute atomic E-state index is 11.3. The predicted molar refractivity (Wildman–Crippen MR) is 79.4 cm³/mol. The van der Waals surface area contributed by atoms with E-state index in [1.54, 1.807) is 0 Å². The average Bonchev–Trinajstić information content (AvgIpc) is 2.36. The summed E-state index contributed by atoms with van der Waals surface area (Å²) in [7, 11) is 0. The van der Waals surface area contributed by atoms with Crippen LogP contribution in [0.4, 0.5) is 0 Å². The van der Waals surface area contributed by atoms with Gasteiger partial charge >= 0.3 is 0 Å². The Balaban J connectivity index is 3.96. The molecule has 0 aromatic rings. The van der Waals surface area contributed by atoms with Gasteiger partial charge in [0.15, 0.2) is 0 Å². The molecule has 2 heteroatoms. The fourth-order valence-corrected chi connectivity index (χ4v) is 2.54. The number of amides is 1. The highest BCUT2D eigenvalue weighted by atomic mass is 16.1. The normalized spacial score (nSPS) is 12.9. The van der Waals surface area contributed by atoms with Gasteiger partial charge in [0, 0.05) is 5.92 Å².